The van der Waals surface area contributed by atoms with Gasteiger partial charge in [-0.3, -0.25) is 0 Å². The number of hydrogen-bond donors (Lipinski definition) is 0. The summed E-state index contributed by atoms with van der Waals surface area (Å²) in [5.41, 5.74) is 1.13. The molecule has 1 aromatic carbocycles. The first-order valence-electron chi connectivity index (χ1n) is 3.91. The second-order valence-electron chi connectivity index (χ2n) is 3.52. The Morgan fingerprint density at radius 1 is 1.25 bits per heavy atom. The summed E-state index contributed by atoms with van der Waals surface area (Å²) >= 11 is 6.15. The number of rotatable bonds is 2. The van der Waals surface area contributed by atoms with Crippen LogP contribution in [0.4, 0.5) is 4.39 Å². The van der Waals surface area contributed by atoms with E-state index < -0.39 is 7.38 Å². The normalized spacial score (nSPS) is 11.7. The monoisotopic (exact) mass is 202 g/mol. The Labute approximate surface area is 78.1 Å². The van der Waals surface area contributed by atoms with Gasteiger partial charge >= 0.3 is 0 Å². The third-order valence-electron chi connectivity index (χ3n) is 1.54. The first kappa shape index (κ1) is 9.74. The van der Waals surface area contributed by atoms with Crippen molar-refractivity contribution < 1.29 is 4.39 Å². The van der Waals surface area contributed by atoms with E-state index >= 15 is 0 Å². The molecule has 0 heterocycles. The highest BCUT2D eigenvalue weighted by Crippen LogP contribution is 2.15. The topological polar surface area (TPSA) is 0 Å². The molecule has 0 unspecified atom stereocenters. The van der Waals surface area contributed by atoms with Gasteiger partial charge in [0.05, 0.1) is 0 Å². The lowest BCUT2D eigenvalue weighted by Crippen LogP contribution is -2.20. The lowest BCUT2D eigenvalue weighted by Gasteiger charge is -2.11. The van der Waals surface area contributed by atoms with Crippen LogP contribution in [0.15, 0.2) is 24.3 Å². The number of benzene rings is 1. The van der Waals surface area contributed by atoms with Gasteiger partial charge in [-0.1, -0.05) is 25.2 Å². The van der Waals surface area contributed by atoms with Gasteiger partial charge in [0.2, 0.25) is 0 Å². The summed E-state index contributed by atoms with van der Waals surface area (Å²) in [6.07, 6.45) is 0. The van der Waals surface area contributed by atoms with Crippen LogP contribution >= 0.6 is 11.1 Å². The van der Waals surface area contributed by atoms with E-state index in [0.29, 0.717) is 0 Å². The Morgan fingerprint density at radius 3 is 2.17 bits per heavy atom. The molecule has 0 spiro atoms. The fourth-order valence-corrected chi connectivity index (χ4v) is 2.76. The van der Waals surface area contributed by atoms with E-state index in [1.165, 1.54) is 12.1 Å². The summed E-state index contributed by atoms with van der Waals surface area (Å²) in [5, 5.41) is 0. The predicted molar refractivity (Wildman–Crippen MR) is 53.4 cm³/mol. The van der Waals surface area contributed by atoms with Crippen molar-refractivity contribution in [3.63, 3.8) is 0 Å². The molecule has 0 nitrogen and oxygen atoms in total. The Balaban J connectivity index is 2.71. The highest BCUT2D eigenvalue weighted by Gasteiger charge is 2.17. The first-order chi connectivity index (χ1) is 5.47. The number of hydrogen-bond acceptors (Lipinski definition) is 0. The van der Waals surface area contributed by atoms with Gasteiger partial charge in [-0.2, -0.15) is 11.1 Å². The van der Waals surface area contributed by atoms with Crippen LogP contribution in [0, 0.1) is 5.82 Å². The minimum atomic E-state index is -1.57. The van der Waals surface area contributed by atoms with E-state index in [4.69, 9.17) is 11.1 Å². The molecule has 0 aliphatic rings. The minimum absolute atomic E-state index is 0.187. The van der Waals surface area contributed by atoms with Crippen LogP contribution < -0.4 is 0 Å². The minimum Gasteiger partial charge on any atom is -0.207 e. The lowest BCUT2D eigenvalue weighted by molar-refractivity contribution is 0.627. The SMILES string of the molecule is C[Si](C)(Cl)Cc1ccc(F)cc1. The maximum Gasteiger partial charge on any atom is 0.154 e. The third kappa shape index (κ3) is 3.37. The maximum atomic E-state index is 12.5. The average molecular weight is 203 g/mol. The largest absolute Gasteiger partial charge is 0.207 e. The molecule has 0 radical (unpaired) electrons. The van der Waals surface area contributed by atoms with E-state index in [1.807, 2.05) is 0 Å². The fourth-order valence-electron chi connectivity index (χ4n) is 1.09. The van der Waals surface area contributed by atoms with Gasteiger partial charge in [0, 0.05) is 0 Å². The molecular formula is C9H12ClFSi. The summed E-state index contributed by atoms with van der Waals surface area (Å²) in [6.45, 7) is 4.16. The molecule has 0 amide bonds. The van der Waals surface area contributed by atoms with Crippen LogP contribution in [0.25, 0.3) is 0 Å². The molecule has 0 saturated carbocycles. The molecule has 0 atom stereocenters. The van der Waals surface area contributed by atoms with E-state index in [1.54, 1.807) is 12.1 Å². The average Bonchev–Trinajstić information content (AvgIpc) is 1.91. The first-order valence-corrected chi connectivity index (χ1v) is 8.13. The van der Waals surface area contributed by atoms with E-state index in [2.05, 4.69) is 13.1 Å². The highest BCUT2D eigenvalue weighted by atomic mass is 35.6. The zero-order valence-corrected chi connectivity index (χ0v) is 9.03. The van der Waals surface area contributed by atoms with Gasteiger partial charge in [-0.25, -0.2) is 4.39 Å². The molecule has 0 N–H and O–H groups in total. The molecule has 0 saturated heterocycles. The fraction of sp³-hybridized carbons (Fsp3) is 0.333. The van der Waals surface area contributed by atoms with Crippen molar-refractivity contribution >= 4 is 18.5 Å². The lowest BCUT2D eigenvalue weighted by atomic mass is 10.2. The molecule has 1 aromatic rings. The Bertz CT molecular complexity index is 250. The summed E-state index contributed by atoms with van der Waals surface area (Å²) < 4.78 is 12.5. The second-order valence-corrected chi connectivity index (χ2v) is 10.4. The van der Waals surface area contributed by atoms with Crippen LogP contribution in [0.2, 0.25) is 13.1 Å². The van der Waals surface area contributed by atoms with Crippen molar-refractivity contribution in [3.05, 3.63) is 35.6 Å². The van der Waals surface area contributed by atoms with Crippen molar-refractivity contribution in [2.75, 3.05) is 0 Å². The quantitative estimate of drug-likeness (QED) is 0.510. The molecular weight excluding hydrogens is 191 g/mol. The van der Waals surface area contributed by atoms with Gasteiger partial charge in [-0.05, 0) is 23.7 Å². The number of halogens is 2. The van der Waals surface area contributed by atoms with Crippen molar-refractivity contribution in [1.82, 2.24) is 0 Å². The summed E-state index contributed by atoms with van der Waals surface area (Å²) in [4.78, 5) is 0. The summed E-state index contributed by atoms with van der Waals surface area (Å²) in [7, 11) is -1.57. The van der Waals surface area contributed by atoms with E-state index in [9.17, 15) is 4.39 Å². The Morgan fingerprint density at radius 2 is 1.75 bits per heavy atom. The van der Waals surface area contributed by atoms with Gasteiger partial charge in [0.15, 0.2) is 7.38 Å². The van der Waals surface area contributed by atoms with Gasteiger partial charge in [0.1, 0.15) is 5.82 Å². The molecule has 3 heteroatoms. The van der Waals surface area contributed by atoms with Crippen molar-refractivity contribution in [3.8, 4) is 0 Å². The Hall–Kier alpha value is -0.343. The molecule has 0 aliphatic carbocycles. The van der Waals surface area contributed by atoms with Crippen molar-refractivity contribution in [1.29, 1.82) is 0 Å². The van der Waals surface area contributed by atoms with Gasteiger partial charge < -0.3 is 0 Å². The van der Waals surface area contributed by atoms with Gasteiger partial charge in [-0.15, -0.1) is 0 Å². The smallest absolute Gasteiger partial charge is 0.154 e. The van der Waals surface area contributed by atoms with Crippen LogP contribution in [-0.4, -0.2) is 7.38 Å². The summed E-state index contributed by atoms with van der Waals surface area (Å²) in [6, 6.07) is 7.45. The predicted octanol–water partition coefficient (Wildman–Crippen LogP) is 3.35. The van der Waals surface area contributed by atoms with Crippen molar-refractivity contribution in [2.24, 2.45) is 0 Å². The molecule has 1 rings (SSSR count). The molecule has 0 aromatic heterocycles. The second kappa shape index (κ2) is 3.58. The van der Waals surface area contributed by atoms with Crippen LogP contribution in [0.5, 0.6) is 0 Å². The van der Waals surface area contributed by atoms with Crippen LogP contribution in [-0.2, 0) is 6.04 Å². The third-order valence-corrected chi connectivity index (χ3v) is 3.19. The van der Waals surface area contributed by atoms with Crippen LogP contribution in [0.3, 0.4) is 0 Å². The molecule has 0 fully saturated rings. The zero-order chi connectivity index (χ0) is 9.19. The molecule has 0 aliphatic heterocycles. The zero-order valence-electron chi connectivity index (χ0n) is 7.27. The van der Waals surface area contributed by atoms with Gasteiger partial charge in [0.25, 0.3) is 0 Å². The summed E-state index contributed by atoms with van der Waals surface area (Å²) in [5.74, 6) is -0.187. The highest BCUT2D eigenvalue weighted by molar-refractivity contribution is 7.18. The maximum absolute atomic E-state index is 12.5. The van der Waals surface area contributed by atoms with E-state index in [-0.39, 0.29) is 5.82 Å². The van der Waals surface area contributed by atoms with Crippen molar-refractivity contribution in [2.45, 2.75) is 19.1 Å². The molecule has 66 valence electrons. The Kier molecular flexibility index (Phi) is 2.91. The molecule has 12 heavy (non-hydrogen) atoms. The standard InChI is InChI=1S/C9H12ClFSi/c1-12(2,10)7-8-3-5-9(11)6-4-8/h3-6H,7H2,1-2H3. The van der Waals surface area contributed by atoms with E-state index in [0.717, 1.165) is 11.6 Å². The van der Waals surface area contributed by atoms with Crippen LogP contribution in [0.1, 0.15) is 5.56 Å². The molecule has 0 bridgehead atoms.